The lowest BCUT2D eigenvalue weighted by Crippen LogP contribution is -2.39. The predicted molar refractivity (Wildman–Crippen MR) is 117 cm³/mol. The van der Waals surface area contributed by atoms with Crippen molar-refractivity contribution in [2.24, 2.45) is 7.05 Å². The first-order valence-electron chi connectivity index (χ1n) is 10.2. The molecule has 1 aliphatic rings. The van der Waals surface area contributed by atoms with Crippen LogP contribution in [0, 0.1) is 0 Å². The number of halogens is 2. The highest BCUT2D eigenvalue weighted by atomic mass is 32.2. The normalized spacial score (nSPS) is 16.1. The molecule has 0 amide bonds. The van der Waals surface area contributed by atoms with Crippen LogP contribution in [0.2, 0.25) is 0 Å². The average Bonchev–Trinajstić information content (AvgIpc) is 3.39. The summed E-state index contributed by atoms with van der Waals surface area (Å²) in [5, 5.41) is 8.92. The largest absolute Gasteiger partial charge is 0.309 e. The van der Waals surface area contributed by atoms with Crippen LogP contribution in [0.15, 0.2) is 35.3 Å². The number of pyridine rings is 1. The third kappa shape index (κ3) is 3.62. The molecule has 4 rings (SSSR count). The van der Waals surface area contributed by atoms with Gasteiger partial charge in [-0.3, -0.25) is 4.79 Å². The van der Waals surface area contributed by atoms with Crippen molar-refractivity contribution in [3.63, 3.8) is 0 Å². The van der Waals surface area contributed by atoms with Gasteiger partial charge in [0.05, 0.1) is 16.6 Å². The fourth-order valence-electron chi connectivity index (χ4n) is 3.56. The summed E-state index contributed by atoms with van der Waals surface area (Å²) in [6, 6.07) is 6.81. The van der Waals surface area contributed by atoms with Gasteiger partial charge in [-0.2, -0.15) is 0 Å². The maximum atomic E-state index is 13.4. The smallest absolute Gasteiger partial charge is 0.263 e. The predicted octanol–water partition coefficient (Wildman–Crippen LogP) is 2.77. The highest BCUT2D eigenvalue weighted by Gasteiger charge is 2.54. The van der Waals surface area contributed by atoms with Crippen molar-refractivity contribution >= 4 is 20.8 Å². The van der Waals surface area contributed by atoms with Crippen LogP contribution in [0.4, 0.5) is 8.78 Å². The first kappa shape index (κ1) is 22.5. The lowest BCUT2D eigenvalue weighted by molar-refractivity contribution is 0.0593. The number of benzene rings is 1. The monoisotopic (exact) mass is 465 g/mol. The molecule has 0 aliphatic heterocycles. The molecule has 2 heterocycles. The van der Waals surface area contributed by atoms with Crippen molar-refractivity contribution < 1.29 is 17.2 Å². The first-order chi connectivity index (χ1) is 14.9. The Morgan fingerprint density at radius 1 is 1.22 bits per heavy atom. The molecular formula is C21H25F2N5O3S. The van der Waals surface area contributed by atoms with E-state index in [9.17, 15) is 22.0 Å². The molecular weight excluding hydrogens is 440 g/mol. The minimum atomic E-state index is -3.59. The van der Waals surface area contributed by atoms with Crippen molar-refractivity contribution in [1.29, 1.82) is 0 Å². The summed E-state index contributed by atoms with van der Waals surface area (Å²) in [5.41, 5.74) is -0.305. The van der Waals surface area contributed by atoms with Gasteiger partial charge in [0.15, 0.2) is 0 Å². The van der Waals surface area contributed by atoms with E-state index in [2.05, 4.69) is 15.0 Å². The maximum absolute atomic E-state index is 13.4. The van der Waals surface area contributed by atoms with Crippen LogP contribution in [0.25, 0.3) is 22.2 Å². The number of nitrogens with one attached hydrogen (secondary N) is 1. The molecule has 3 aromatic rings. The third-order valence-electron chi connectivity index (χ3n) is 6.01. The zero-order valence-electron chi connectivity index (χ0n) is 18.3. The number of fused-ring (bicyclic) bond motifs is 1. The van der Waals surface area contributed by atoms with E-state index >= 15 is 0 Å². The molecule has 1 aliphatic carbocycles. The summed E-state index contributed by atoms with van der Waals surface area (Å²) < 4.78 is 56.0. The second-order valence-corrected chi connectivity index (χ2v) is 11.7. The lowest BCUT2D eigenvalue weighted by Gasteiger charge is -2.20. The number of hydrogen-bond donors (Lipinski definition) is 1. The van der Waals surface area contributed by atoms with Gasteiger partial charge in [0.25, 0.3) is 12.0 Å². The van der Waals surface area contributed by atoms with Crippen molar-refractivity contribution in [2.45, 2.75) is 56.9 Å². The van der Waals surface area contributed by atoms with E-state index in [-0.39, 0.29) is 12.1 Å². The van der Waals surface area contributed by atoms with Crippen LogP contribution in [0.5, 0.6) is 0 Å². The zero-order valence-corrected chi connectivity index (χ0v) is 19.1. The molecule has 1 fully saturated rings. The molecule has 0 spiro atoms. The molecule has 172 valence electrons. The minimum Gasteiger partial charge on any atom is -0.309 e. The Morgan fingerprint density at radius 3 is 2.50 bits per heavy atom. The molecule has 0 unspecified atom stereocenters. The van der Waals surface area contributed by atoms with Crippen LogP contribution in [0.3, 0.4) is 0 Å². The Bertz CT molecular complexity index is 1350. The van der Waals surface area contributed by atoms with Gasteiger partial charge in [0.1, 0.15) is 11.2 Å². The van der Waals surface area contributed by atoms with E-state index < -0.39 is 26.7 Å². The standard InChI is InChI=1S/C21H25F2N5O3S/c1-20(2,3)32(30,31)24-11-13-6-5-7-14-15(13)10-17(27(4)18(14)29)16-12-28(26-25-16)21(8-9-21)19(22)23/h5-7,10,12,19,24H,8-9,11H2,1-4H3. The van der Waals surface area contributed by atoms with Crippen LogP contribution < -0.4 is 10.3 Å². The molecule has 0 saturated heterocycles. The van der Waals surface area contributed by atoms with Gasteiger partial charge >= 0.3 is 0 Å². The second-order valence-electron chi connectivity index (χ2n) is 9.16. The van der Waals surface area contributed by atoms with Crippen molar-refractivity contribution in [1.82, 2.24) is 24.3 Å². The van der Waals surface area contributed by atoms with Crippen LogP contribution in [-0.4, -0.2) is 39.2 Å². The summed E-state index contributed by atoms with van der Waals surface area (Å²) in [6.45, 7) is 4.80. The molecule has 2 aromatic heterocycles. The Morgan fingerprint density at radius 2 is 1.91 bits per heavy atom. The number of aromatic nitrogens is 4. The number of rotatable bonds is 6. The van der Waals surface area contributed by atoms with Crippen LogP contribution in [-0.2, 0) is 29.2 Å². The van der Waals surface area contributed by atoms with Gasteiger partial charge in [-0.1, -0.05) is 17.3 Å². The van der Waals surface area contributed by atoms with Crippen LogP contribution in [0.1, 0.15) is 39.2 Å². The Balaban J connectivity index is 1.78. The number of alkyl halides is 2. The summed E-state index contributed by atoms with van der Waals surface area (Å²) in [7, 11) is -2.01. The highest BCUT2D eigenvalue weighted by molar-refractivity contribution is 7.90. The summed E-state index contributed by atoms with van der Waals surface area (Å²) in [5.74, 6) is 0. The van der Waals surface area contributed by atoms with Crippen molar-refractivity contribution in [3.05, 3.63) is 46.4 Å². The van der Waals surface area contributed by atoms with Crippen molar-refractivity contribution in [3.8, 4) is 11.4 Å². The molecule has 0 atom stereocenters. The SMILES string of the molecule is Cn1c(-c2cn(C3(C(F)F)CC3)nn2)cc2c(CNS(=O)(=O)C(C)(C)C)cccc2c1=O. The van der Waals surface area contributed by atoms with E-state index in [1.165, 1.54) is 15.4 Å². The van der Waals surface area contributed by atoms with E-state index in [1.54, 1.807) is 52.1 Å². The Kier molecular flexibility index (Phi) is 5.24. The zero-order chi connectivity index (χ0) is 23.5. The topological polar surface area (TPSA) is 98.9 Å². The fraction of sp³-hybridized carbons (Fsp3) is 0.476. The van der Waals surface area contributed by atoms with Gasteiger partial charge in [-0.25, -0.2) is 26.6 Å². The highest BCUT2D eigenvalue weighted by Crippen LogP contribution is 2.48. The molecule has 32 heavy (non-hydrogen) atoms. The van der Waals surface area contributed by atoms with Gasteiger partial charge in [-0.15, -0.1) is 5.10 Å². The number of hydrogen-bond acceptors (Lipinski definition) is 5. The minimum absolute atomic E-state index is 0.00470. The molecule has 8 nitrogen and oxygen atoms in total. The summed E-state index contributed by atoms with van der Waals surface area (Å²) in [4.78, 5) is 13.0. The van der Waals surface area contributed by atoms with Gasteiger partial charge < -0.3 is 4.57 Å². The number of sulfonamides is 1. The average molecular weight is 466 g/mol. The number of nitrogens with zero attached hydrogens (tertiary/aromatic N) is 4. The Labute approximate surface area is 184 Å². The quantitative estimate of drug-likeness (QED) is 0.604. The van der Waals surface area contributed by atoms with Gasteiger partial charge in [0.2, 0.25) is 10.0 Å². The third-order valence-corrected chi connectivity index (χ3v) is 8.15. The first-order valence-corrected chi connectivity index (χ1v) is 11.7. The van der Waals surface area contributed by atoms with Gasteiger partial charge in [-0.05, 0) is 56.7 Å². The summed E-state index contributed by atoms with van der Waals surface area (Å²) in [6.07, 6.45) is -0.477. The van der Waals surface area contributed by atoms with Crippen LogP contribution >= 0.6 is 0 Å². The van der Waals surface area contributed by atoms with E-state index in [1.807, 2.05) is 0 Å². The molecule has 11 heteroatoms. The van der Waals surface area contributed by atoms with E-state index in [4.69, 9.17) is 0 Å². The molecule has 0 bridgehead atoms. The van der Waals surface area contributed by atoms with E-state index in [0.717, 1.165) is 0 Å². The Hall–Kier alpha value is -2.66. The molecule has 1 saturated carbocycles. The lowest BCUT2D eigenvalue weighted by atomic mass is 10.0. The maximum Gasteiger partial charge on any atom is 0.263 e. The van der Waals surface area contributed by atoms with Crippen molar-refractivity contribution in [2.75, 3.05) is 0 Å². The summed E-state index contributed by atoms with van der Waals surface area (Å²) >= 11 is 0. The molecule has 1 N–H and O–H groups in total. The van der Waals surface area contributed by atoms with Gasteiger partial charge in [0, 0.05) is 19.0 Å². The molecule has 0 radical (unpaired) electrons. The second kappa shape index (κ2) is 7.45. The fourth-order valence-corrected chi connectivity index (χ4v) is 4.34. The van der Waals surface area contributed by atoms with E-state index in [0.29, 0.717) is 40.6 Å². The molecule has 1 aromatic carbocycles.